The van der Waals surface area contributed by atoms with Crippen LogP contribution in [0.25, 0.3) is 0 Å². The Morgan fingerprint density at radius 2 is 1.62 bits per heavy atom. The van der Waals surface area contributed by atoms with Gasteiger partial charge in [0.15, 0.2) is 5.76 Å². The van der Waals surface area contributed by atoms with E-state index in [9.17, 15) is 4.79 Å². The lowest BCUT2D eigenvalue weighted by atomic mass is 10.1. The zero-order chi connectivity index (χ0) is 20.8. The van der Waals surface area contributed by atoms with Gasteiger partial charge in [-0.15, -0.1) is 0 Å². The minimum absolute atomic E-state index is 0.0783. The second-order valence-electron chi connectivity index (χ2n) is 7.80. The Labute approximate surface area is 173 Å². The molecule has 152 valence electrons. The Kier molecular flexibility index (Phi) is 6.89. The van der Waals surface area contributed by atoms with Gasteiger partial charge in [-0.3, -0.25) is 9.69 Å². The van der Waals surface area contributed by atoms with Crippen LogP contribution in [0.3, 0.4) is 0 Å². The third-order valence-corrected chi connectivity index (χ3v) is 5.26. The van der Waals surface area contributed by atoms with Gasteiger partial charge in [-0.05, 0) is 56.5 Å². The molecule has 0 aliphatic rings. The van der Waals surface area contributed by atoms with E-state index in [1.807, 2.05) is 43.3 Å². The minimum Gasteiger partial charge on any atom is -0.455 e. The molecule has 29 heavy (non-hydrogen) atoms. The van der Waals surface area contributed by atoms with E-state index in [0.29, 0.717) is 18.3 Å². The third-order valence-electron chi connectivity index (χ3n) is 5.26. The van der Waals surface area contributed by atoms with E-state index in [1.54, 1.807) is 6.07 Å². The van der Waals surface area contributed by atoms with Crippen LogP contribution in [0, 0.1) is 6.92 Å². The molecule has 4 heteroatoms. The molecule has 3 rings (SSSR count). The predicted molar refractivity (Wildman–Crippen MR) is 117 cm³/mol. The van der Waals surface area contributed by atoms with Gasteiger partial charge in [0.1, 0.15) is 5.76 Å². The Balaban J connectivity index is 1.65. The summed E-state index contributed by atoms with van der Waals surface area (Å²) >= 11 is 0. The summed E-state index contributed by atoms with van der Waals surface area (Å²) in [4.78, 5) is 14.9. The van der Waals surface area contributed by atoms with Gasteiger partial charge < -0.3 is 9.73 Å². The second-order valence-corrected chi connectivity index (χ2v) is 7.80. The Morgan fingerprint density at radius 1 is 0.931 bits per heavy atom. The molecule has 0 spiro atoms. The van der Waals surface area contributed by atoms with Crippen molar-refractivity contribution < 1.29 is 9.21 Å². The molecule has 0 saturated heterocycles. The largest absolute Gasteiger partial charge is 0.455 e. The van der Waals surface area contributed by atoms with Crippen molar-refractivity contribution in [1.29, 1.82) is 0 Å². The van der Waals surface area contributed by atoms with Gasteiger partial charge in [0.05, 0.1) is 12.6 Å². The van der Waals surface area contributed by atoms with Crippen molar-refractivity contribution in [3.63, 3.8) is 0 Å². The predicted octanol–water partition coefficient (Wildman–Crippen LogP) is 5.49. The van der Waals surface area contributed by atoms with Gasteiger partial charge in [-0.2, -0.15) is 0 Å². The number of hydrogen-bond acceptors (Lipinski definition) is 3. The topological polar surface area (TPSA) is 45.5 Å². The van der Waals surface area contributed by atoms with E-state index >= 15 is 0 Å². The molecule has 0 saturated carbocycles. The summed E-state index contributed by atoms with van der Waals surface area (Å²) in [6, 6.07) is 22.3. The summed E-state index contributed by atoms with van der Waals surface area (Å²) in [6.45, 7) is 9.97. The highest BCUT2D eigenvalue weighted by molar-refractivity contribution is 5.91. The second kappa shape index (κ2) is 9.57. The number of furan rings is 1. The van der Waals surface area contributed by atoms with Crippen molar-refractivity contribution in [3.05, 3.63) is 94.9 Å². The van der Waals surface area contributed by atoms with Crippen LogP contribution in [-0.2, 0) is 13.1 Å². The average molecular weight is 391 g/mol. The zero-order valence-electron chi connectivity index (χ0n) is 17.7. The number of hydrogen-bond donors (Lipinski definition) is 1. The highest BCUT2D eigenvalue weighted by atomic mass is 16.4. The number of benzene rings is 2. The maximum absolute atomic E-state index is 12.6. The Hall–Kier alpha value is -2.85. The SMILES string of the molecule is Cc1ccccc1CN(Cc1ccc(C(=O)NC(C)c2ccccc2)o1)C(C)C. The van der Waals surface area contributed by atoms with Crippen molar-refractivity contribution in [2.24, 2.45) is 0 Å². The van der Waals surface area contributed by atoms with E-state index in [-0.39, 0.29) is 11.9 Å². The molecule has 1 atom stereocenters. The quantitative estimate of drug-likeness (QED) is 0.553. The lowest BCUT2D eigenvalue weighted by molar-refractivity contribution is 0.0906. The fraction of sp³-hybridized carbons (Fsp3) is 0.320. The normalized spacial score (nSPS) is 12.3. The van der Waals surface area contributed by atoms with Crippen molar-refractivity contribution in [3.8, 4) is 0 Å². The lowest BCUT2D eigenvalue weighted by Gasteiger charge is -2.26. The van der Waals surface area contributed by atoms with Gasteiger partial charge in [0, 0.05) is 12.6 Å². The maximum atomic E-state index is 12.6. The van der Waals surface area contributed by atoms with Crippen LogP contribution in [0.4, 0.5) is 0 Å². The minimum atomic E-state index is -0.192. The highest BCUT2D eigenvalue weighted by Gasteiger charge is 2.18. The zero-order valence-corrected chi connectivity index (χ0v) is 17.7. The van der Waals surface area contributed by atoms with Gasteiger partial charge >= 0.3 is 0 Å². The van der Waals surface area contributed by atoms with Crippen molar-refractivity contribution >= 4 is 5.91 Å². The van der Waals surface area contributed by atoms with Gasteiger partial charge in [-0.1, -0.05) is 54.6 Å². The van der Waals surface area contributed by atoms with E-state index in [2.05, 4.69) is 55.3 Å². The first-order valence-corrected chi connectivity index (χ1v) is 10.2. The molecule has 0 bridgehead atoms. The van der Waals surface area contributed by atoms with Crippen LogP contribution in [0.15, 0.2) is 71.1 Å². The molecule has 1 unspecified atom stereocenters. The Bertz CT molecular complexity index is 931. The summed E-state index contributed by atoms with van der Waals surface area (Å²) in [7, 11) is 0. The average Bonchev–Trinajstić information content (AvgIpc) is 3.18. The van der Waals surface area contributed by atoms with Crippen LogP contribution >= 0.6 is 0 Å². The molecule has 3 aromatic rings. The summed E-state index contributed by atoms with van der Waals surface area (Å²) in [5, 5.41) is 3.00. The molecule has 4 nitrogen and oxygen atoms in total. The van der Waals surface area contributed by atoms with Crippen molar-refractivity contribution in [2.45, 2.75) is 52.9 Å². The van der Waals surface area contributed by atoms with Gasteiger partial charge in [0.25, 0.3) is 5.91 Å². The maximum Gasteiger partial charge on any atom is 0.287 e. The molecule has 2 aromatic carbocycles. The number of rotatable bonds is 8. The molecule has 1 N–H and O–H groups in total. The van der Waals surface area contributed by atoms with E-state index in [1.165, 1.54) is 11.1 Å². The molecule has 1 amide bonds. The summed E-state index contributed by atoms with van der Waals surface area (Å²) in [5.74, 6) is 0.954. The van der Waals surface area contributed by atoms with Crippen LogP contribution < -0.4 is 5.32 Å². The molecule has 1 aromatic heterocycles. The highest BCUT2D eigenvalue weighted by Crippen LogP contribution is 2.18. The summed E-state index contributed by atoms with van der Waals surface area (Å²) in [6.07, 6.45) is 0. The molecule has 0 aliphatic carbocycles. The van der Waals surface area contributed by atoms with Crippen LogP contribution in [0.1, 0.15) is 59.8 Å². The van der Waals surface area contributed by atoms with Crippen LogP contribution in [-0.4, -0.2) is 16.8 Å². The van der Waals surface area contributed by atoms with Crippen LogP contribution in [0.5, 0.6) is 0 Å². The molecule has 0 fully saturated rings. The first kappa shape index (κ1) is 20.9. The number of nitrogens with zero attached hydrogens (tertiary/aromatic N) is 1. The van der Waals surface area contributed by atoms with Crippen molar-refractivity contribution in [2.75, 3.05) is 0 Å². The van der Waals surface area contributed by atoms with Crippen molar-refractivity contribution in [1.82, 2.24) is 10.2 Å². The van der Waals surface area contributed by atoms with Gasteiger partial charge in [0.2, 0.25) is 0 Å². The number of aryl methyl sites for hydroxylation is 1. The summed E-state index contributed by atoms with van der Waals surface area (Å²) in [5.41, 5.74) is 3.66. The number of amides is 1. The van der Waals surface area contributed by atoms with E-state index in [4.69, 9.17) is 4.42 Å². The fourth-order valence-electron chi connectivity index (χ4n) is 3.31. The molecule has 0 radical (unpaired) electrons. The monoisotopic (exact) mass is 390 g/mol. The number of nitrogens with one attached hydrogen (secondary N) is 1. The lowest BCUT2D eigenvalue weighted by Crippen LogP contribution is -2.30. The smallest absolute Gasteiger partial charge is 0.287 e. The number of carbonyl (C=O) groups is 1. The van der Waals surface area contributed by atoms with E-state index in [0.717, 1.165) is 17.9 Å². The fourth-order valence-corrected chi connectivity index (χ4v) is 3.31. The third kappa shape index (κ3) is 5.58. The Morgan fingerprint density at radius 3 is 2.31 bits per heavy atom. The van der Waals surface area contributed by atoms with Gasteiger partial charge in [-0.25, -0.2) is 0 Å². The van der Waals surface area contributed by atoms with E-state index < -0.39 is 0 Å². The van der Waals surface area contributed by atoms with Crippen LogP contribution in [0.2, 0.25) is 0 Å². The molecule has 1 heterocycles. The molecule has 0 aliphatic heterocycles. The first-order chi connectivity index (χ1) is 13.9. The first-order valence-electron chi connectivity index (χ1n) is 10.2. The standard InChI is InChI=1S/C25H30N2O2/c1-18(2)27(16-22-13-9-8-10-19(22)3)17-23-14-15-24(29-23)25(28)26-20(4)21-11-6-5-7-12-21/h5-15,18,20H,16-17H2,1-4H3,(H,26,28). The summed E-state index contributed by atoms with van der Waals surface area (Å²) < 4.78 is 5.88. The number of carbonyl (C=O) groups excluding carboxylic acids is 1. The molecular formula is C25H30N2O2. The molecular weight excluding hydrogens is 360 g/mol.